The Morgan fingerprint density at radius 1 is 1.57 bits per heavy atom. The summed E-state index contributed by atoms with van der Waals surface area (Å²) in [5.74, 6) is -0.282. The molecule has 0 aromatic carbocycles. The van der Waals surface area contributed by atoms with Crippen molar-refractivity contribution < 1.29 is 9.90 Å². The summed E-state index contributed by atoms with van der Waals surface area (Å²) in [6, 6.07) is 4.05. The van der Waals surface area contributed by atoms with Crippen molar-refractivity contribution in [3.8, 4) is 6.07 Å². The van der Waals surface area contributed by atoms with E-state index in [0.29, 0.717) is 30.8 Å². The lowest BCUT2D eigenvalue weighted by Crippen LogP contribution is -2.51. The average Bonchev–Trinajstić information content (AvgIpc) is 2.83. The third-order valence-corrected chi connectivity index (χ3v) is 4.24. The van der Waals surface area contributed by atoms with Crippen molar-refractivity contribution in [2.24, 2.45) is 0 Å². The van der Waals surface area contributed by atoms with Gasteiger partial charge in [0, 0.05) is 12.2 Å². The number of nitrogens with zero attached hydrogens (tertiary/aromatic N) is 3. The Hall–Kier alpha value is -2.09. The second-order valence-corrected chi connectivity index (χ2v) is 5.73. The number of rotatable bonds is 4. The molecule has 2 rings (SSSR count). The van der Waals surface area contributed by atoms with Crippen LogP contribution in [0.2, 0.25) is 0 Å². The number of aliphatic carboxylic acids is 1. The largest absolute Gasteiger partial charge is 0.479 e. The Bertz CT molecular complexity index is 606. The number of aromatic nitrogens is 1. The molecule has 1 aliphatic rings. The molecule has 1 unspecified atom stereocenters. The summed E-state index contributed by atoms with van der Waals surface area (Å²) < 4.78 is 0. The molecule has 1 fully saturated rings. The minimum Gasteiger partial charge on any atom is -0.479 e. The fourth-order valence-corrected chi connectivity index (χ4v) is 3.34. The summed E-state index contributed by atoms with van der Waals surface area (Å²) in [5.41, 5.74) is 1.23. The number of pyridine rings is 1. The van der Waals surface area contributed by atoms with Crippen LogP contribution >= 0.6 is 0 Å². The highest BCUT2D eigenvalue weighted by atomic mass is 16.4. The van der Waals surface area contributed by atoms with Crippen LogP contribution in [0, 0.1) is 25.2 Å². The Labute approximate surface area is 125 Å². The van der Waals surface area contributed by atoms with E-state index in [1.54, 1.807) is 0 Å². The molecular formula is C16H21N3O2. The molecule has 0 bridgehead atoms. The van der Waals surface area contributed by atoms with E-state index in [1.165, 1.54) is 0 Å². The van der Waals surface area contributed by atoms with Crippen molar-refractivity contribution >= 4 is 11.8 Å². The Balaban J connectivity index is 2.60. The maximum atomic E-state index is 11.9. The van der Waals surface area contributed by atoms with E-state index in [9.17, 15) is 15.2 Å². The Kier molecular flexibility index (Phi) is 4.17. The van der Waals surface area contributed by atoms with Crippen molar-refractivity contribution in [1.29, 1.82) is 5.26 Å². The molecule has 0 aliphatic carbocycles. The van der Waals surface area contributed by atoms with E-state index < -0.39 is 11.5 Å². The van der Waals surface area contributed by atoms with Gasteiger partial charge in [0.25, 0.3) is 0 Å². The van der Waals surface area contributed by atoms with Gasteiger partial charge in [-0.2, -0.15) is 5.26 Å². The van der Waals surface area contributed by atoms with Crippen LogP contribution < -0.4 is 4.90 Å². The van der Waals surface area contributed by atoms with Crippen LogP contribution in [0.5, 0.6) is 0 Å². The zero-order valence-corrected chi connectivity index (χ0v) is 12.8. The van der Waals surface area contributed by atoms with Crippen molar-refractivity contribution in [2.45, 2.75) is 52.0 Å². The highest BCUT2D eigenvalue weighted by molar-refractivity contribution is 5.85. The van der Waals surface area contributed by atoms with Gasteiger partial charge in [0.1, 0.15) is 17.4 Å². The second kappa shape index (κ2) is 5.72. The lowest BCUT2D eigenvalue weighted by Gasteiger charge is -2.36. The fraction of sp³-hybridized carbons (Fsp3) is 0.562. The molecule has 0 spiro atoms. The third kappa shape index (κ3) is 2.46. The lowest BCUT2D eigenvalue weighted by molar-refractivity contribution is -0.143. The molecule has 0 radical (unpaired) electrons. The minimum absolute atomic E-state index is 0.490. The van der Waals surface area contributed by atoms with Gasteiger partial charge in [-0.3, -0.25) is 0 Å². The lowest BCUT2D eigenvalue weighted by atomic mass is 9.90. The predicted octanol–water partition coefficient (Wildman–Crippen LogP) is 2.79. The van der Waals surface area contributed by atoms with E-state index in [4.69, 9.17) is 0 Å². The number of hydrogen-bond acceptors (Lipinski definition) is 4. The van der Waals surface area contributed by atoms with Crippen molar-refractivity contribution in [3.63, 3.8) is 0 Å². The van der Waals surface area contributed by atoms with Gasteiger partial charge in [-0.15, -0.1) is 0 Å². The SMILES string of the molecule is CCCC1(C(=O)O)CCCN1c1nc(C)cc(C)c1C#N. The number of carbonyl (C=O) groups is 1. The normalized spacial score (nSPS) is 21.3. The monoisotopic (exact) mass is 287 g/mol. The summed E-state index contributed by atoms with van der Waals surface area (Å²) in [6.07, 6.45) is 2.78. The topological polar surface area (TPSA) is 77.2 Å². The summed E-state index contributed by atoms with van der Waals surface area (Å²) >= 11 is 0. The number of nitriles is 1. The van der Waals surface area contributed by atoms with Crippen LogP contribution in [-0.4, -0.2) is 28.1 Å². The van der Waals surface area contributed by atoms with E-state index in [0.717, 1.165) is 24.1 Å². The zero-order valence-electron chi connectivity index (χ0n) is 12.8. The molecule has 1 saturated heterocycles. The summed E-state index contributed by atoms with van der Waals surface area (Å²) in [6.45, 7) is 6.36. The molecule has 0 saturated carbocycles. The first-order valence-electron chi connectivity index (χ1n) is 7.35. The summed E-state index contributed by atoms with van der Waals surface area (Å²) in [4.78, 5) is 18.2. The van der Waals surface area contributed by atoms with Gasteiger partial charge < -0.3 is 10.0 Å². The highest BCUT2D eigenvalue weighted by Gasteiger charge is 2.48. The Morgan fingerprint density at radius 3 is 2.86 bits per heavy atom. The van der Waals surface area contributed by atoms with Gasteiger partial charge in [0.2, 0.25) is 0 Å². The molecule has 1 atom stereocenters. The van der Waals surface area contributed by atoms with Crippen LogP contribution in [0.4, 0.5) is 5.82 Å². The zero-order chi connectivity index (χ0) is 15.6. The number of carboxylic acid groups (broad SMARTS) is 1. The van der Waals surface area contributed by atoms with Crippen LogP contribution in [-0.2, 0) is 4.79 Å². The molecule has 21 heavy (non-hydrogen) atoms. The van der Waals surface area contributed by atoms with Gasteiger partial charge in [0.15, 0.2) is 0 Å². The fourth-order valence-electron chi connectivity index (χ4n) is 3.34. The van der Waals surface area contributed by atoms with Gasteiger partial charge in [-0.1, -0.05) is 13.3 Å². The Morgan fingerprint density at radius 2 is 2.29 bits per heavy atom. The summed E-state index contributed by atoms with van der Waals surface area (Å²) in [7, 11) is 0. The molecule has 5 heteroatoms. The number of anilines is 1. The van der Waals surface area contributed by atoms with Gasteiger partial charge in [0.05, 0.1) is 5.56 Å². The molecule has 1 aromatic heterocycles. The van der Waals surface area contributed by atoms with Crippen LogP contribution in [0.1, 0.15) is 49.4 Å². The minimum atomic E-state index is -0.923. The molecule has 112 valence electrons. The highest BCUT2D eigenvalue weighted by Crippen LogP contribution is 2.39. The maximum absolute atomic E-state index is 11.9. The maximum Gasteiger partial charge on any atom is 0.329 e. The van der Waals surface area contributed by atoms with Gasteiger partial charge in [-0.05, 0) is 44.7 Å². The van der Waals surface area contributed by atoms with Crippen LogP contribution in [0.3, 0.4) is 0 Å². The van der Waals surface area contributed by atoms with Gasteiger partial charge in [-0.25, -0.2) is 9.78 Å². The van der Waals surface area contributed by atoms with Crippen molar-refractivity contribution in [3.05, 3.63) is 22.9 Å². The molecule has 0 amide bonds. The van der Waals surface area contributed by atoms with E-state index in [2.05, 4.69) is 11.1 Å². The predicted molar refractivity (Wildman–Crippen MR) is 80.3 cm³/mol. The van der Waals surface area contributed by atoms with E-state index in [-0.39, 0.29) is 0 Å². The first-order valence-corrected chi connectivity index (χ1v) is 7.35. The van der Waals surface area contributed by atoms with Crippen LogP contribution in [0.15, 0.2) is 6.07 Å². The van der Waals surface area contributed by atoms with E-state index >= 15 is 0 Å². The number of carboxylic acids is 1. The average molecular weight is 287 g/mol. The van der Waals surface area contributed by atoms with Crippen LogP contribution in [0.25, 0.3) is 0 Å². The molecular weight excluding hydrogens is 266 g/mol. The number of aryl methyl sites for hydroxylation is 2. The third-order valence-electron chi connectivity index (χ3n) is 4.24. The summed E-state index contributed by atoms with van der Waals surface area (Å²) in [5, 5.41) is 19.2. The molecule has 5 nitrogen and oxygen atoms in total. The quantitative estimate of drug-likeness (QED) is 0.921. The van der Waals surface area contributed by atoms with E-state index in [1.807, 2.05) is 31.7 Å². The molecule has 1 aliphatic heterocycles. The first kappa shape index (κ1) is 15.3. The molecule has 1 aromatic rings. The number of hydrogen-bond donors (Lipinski definition) is 1. The first-order chi connectivity index (χ1) is 9.96. The second-order valence-electron chi connectivity index (χ2n) is 5.73. The van der Waals surface area contributed by atoms with Crippen molar-refractivity contribution in [1.82, 2.24) is 4.98 Å². The van der Waals surface area contributed by atoms with Gasteiger partial charge >= 0.3 is 5.97 Å². The standard InChI is InChI=1S/C16H21N3O2/c1-4-6-16(15(20)21)7-5-8-19(16)14-13(10-17)11(2)9-12(3)18-14/h9H,4-8H2,1-3H3,(H,20,21). The molecule has 2 heterocycles. The van der Waals surface area contributed by atoms with Crippen molar-refractivity contribution in [2.75, 3.05) is 11.4 Å². The molecule has 1 N–H and O–H groups in total. The smallest absolute Gasteiger partial charge is 0.329 e.